The van der Waals surface area contributed by atoms with Crippen LogP contribution < -0.4 is 0 Å². The van der Waals surface area contributed by atoms with Crippen LogP contribution in [0.2, 0.25) is 0 Å². The maximum atomic E-state index is 13.9. The summed E-state index contributed by atoms with van der Waals surface area (Å²) in [6, 6.07) is 17.7. The van der Waals surface area contributed by atoms with E-state index >= 15 is 0 Å². The fraction of sp³-hybridized carbons (Fsp3) is 0.143. The van der Waals surface area contributed by atoms with Gasteiger partial charge in [-0.2, -0.15) is 0 Å². The molecule has 0 spiro atoms. The van der Waals surface area contributed by atoms with Gasteiger partial charge in [-0.25, -0.2) is 9.37 Å². The molecule has 0 saturated heterocycles. The molecule has 1 aromatic heterocycles. The third-order valence-corrected chi connectivity index (χ3v) is 5.59. The number of H-pyrrole nitrogens is 1. The summed E-state index contributed by atoms with van der Waals surface area (Å²) in [7, 11) is 0. The number of aliphatic hydroxyl groups excluding tert-OH is 2. The molecular weight excluding hydrogens is 479 g/mol. The Morgan fingerprint density at radius 3 is 2.30 bits per heavy atom. The van der Waals surface area contributed by atoms with Gasteiger partial charge in [-0.05, 0) is 37.3 Å². The molecule has 0 fully saturated rings. The molecule has 0 amide bonds. The number of Topliss-reactive ketones (excluding diaryl/α,β-unsaturated/α-hetero) is 2. The molecule has 0 aliphatic rings. The number of carbonyl (C=O) groups is 3. The van der Waals surface area contributed by atoms with Crippen molar-refractivity contribution in [3.8, 4) is 0 Å². The summed E-state index contributed by atoms with van der Waals surface area (Å²) in [6.45, 7) is 2.42. The van der Waals surface area contributed by atoms with E-state index in [-0.39, 0.29) is 28.1 Å². The van der Waals surface area contributed by atoms with E-state index < -0.39 is 41.3 Å². The van der Waals surface area contributed by atoms with Gasteiger partial charge in [0.25, 0.3) is 0 Å². The zero-order chi connectivity index (χ0) is 26.7. The number of hydrogen-bond donors (Lipinski definition) is 3. The first-order valence-electron chi connectivity index (χ1n) is 11.3. The predicted molar refractivity (Wildman–Crippen MR) is 134 cm³/mol. The van der Waals surface area contributed by atoms with Crippen LogP contribution >= 0.6 is 0 Å². The van der Waals surface area contributed by atoms with Crippen molar-refractivity contribution in [1.82, 2.24) is 9.97 Å². The third-order valence-electron chi connectivity index (χ3n) is 5.59. The highest BCUT2D eigenvalue weighted by molar-refractivity contribution is 6.33. The van der Waals surface area contributed by atoms with E-state index in [0.717, 1.165) is 13.0 Å². The fourth-order valence-electron chi connectivity index (χ4n) is 3.85. The van der Waals surface area contributed by atoms with Gasteiger partial charge in [0.05, 0.1) is 17.1 Å². The van der Waals surface area contributed by atoms with Gasteiger partial charge in [0.1, 0.15) is 23.0 Å². The average Bonchev–Trinajstić information content (AvgIpc) is 3.30. The summed E-state index contributed by atoms with van der Waals surface area (Å²) in [5.41, 5.74) is 0.988. The molecule has 4 rings (SSSR count). The number of nitrogens with one attached hydrogen (secondary N) is 1. The Morgan fingerprint density at radius 2 is 1.62 bits per heavy atom. The summed E-state index contributed by atoms with van der Waals surface area (Å²) in [6.07, 6.45) is -2.76. The fourth-order valence-corrected chi connectivity index (χ4v) is 3.85. The average molecular weight is 502 g/mol. The lowest BCUT2D eigenvalue weighted by atomic mass is 9.95. The molecule has 37 heavy (non-hydrogen) atoms. The number of aromatic nitrogens is 2. The van der Waals surface area contributed by atoms with E-state index in [2.05, 4.69) is 9.97 Å². The molecule has 1 heterocycles. The van der Waals surface area contributed by atoms with Gasteiger partial charge in [-0.1, -0.05) is 42.5 Å². The first-order valence-corrected chi connectivity index (χ1v) is 11.3. The second kappa shape index (κ2) is 10.5. The molecular formula is C28H23FN2O6. The van der Waals surface area contributed by atoms with Crippen molar-refractivity contribution in [2.24, 2.45) is 0 Å². The number of nitrogens with zero attached hydrogens (tertiary/aromatic N) is 1. The minimum Gasteiger partial charge on any atom is -0.506 e. The lowest BCUT2D eigenvalue weighted by molar-refractivity contribution is -0.148. The Bertz CT molecular complexity index is 1510. The van der Waals surface area contributed by atoms with Crippen LogP contribution in [0.4, 0.5) is 4.39 Å². The lowest BCUT2D eigenvalue weighted by Gasteiger charge is -2.18. The highest BCUT2D eigenvalue weighted by Crippen LogP contribution is 2.29. The van der Waals surface area contributed by atoms with Crippen molar-refractivity contribution in [2.75, 3.05) is 0 Å². The van der Waals surface area contributed by atoms with Crippen molar-refractivity contribution in [3.05, 3.63) is 101 Å². The zero-order valence-electron chi connectivity index (χ0n) is 19.9. The van der Waals surface area contributed by atoms with Crippen molar-refractivity contribution in [1.29, 1.82) is 0 Å². The number of aliphatic hydroxyl groups is 2. The number of hydrogen-bond acceptors (Lipinski definition) is 7. The lowest BCUT2D eigenvalue weighted by Crippen LogP contribution is -2.36. The molecule has 0 aliphatic carbocycles. The van der Waals surface area contributed by atoms with Crippen molar-refractivity contribution < 1.29 is 33.7 Å². The van der Waals surface area contributed by atoms with Crippen LogP contribution in [0.1, 0.15) is 46.0 Å². The molecule has 2 atom stereocenters. The van der Waals surface area contributed by atoms with Crippen LogP contribution in [0.25, 0.3) is 22.4 Å². The van der Waals surface area contributed by atoms with Crippen LogP contribution in [0, 0.1) is 5.82 Å². The molecule has 3 aromatic carbocycles. The Balaban J connectivity index is 1.83. The number of carbonyl (C=O) groups excluding carboxylic acids is 3. The molecule has 2 unspecified atom stereocenters. The molecule has 0 saturated carbocycles. The predicted octanol–water partition coefficient (Wildman–Crippen LogP) is 4.51. The molecule has 188 valence electrons. The van der Waals surface area contributed by atoms with Crippen LogP contribution in [-0.2, 0) is 9.53 Å². The second-order valence-electron chi connectivity index (χ2n) is 8.38. The summed E-state index contributed by atoms with van der Waals surface area (Å²) < 4.78 is 18.9. The van der Waals surface area contributed by atoms with E-state index in [4.69, 9.17) is 4.74 Å². The first-order chi connectivity index (χ1) is 17.7. The van der Waals surface area contributed by atoms with Crippen molar-refractivity contribution >= 4 is 39.9 Å². The summed E-state index contributed by atoms with van der Waals surface area (Å²) >= 11 is 0. The Kier molecular flexibility index (Phi) is 7.26. The number of benzene rings is 3. The van der Waals surface area contributed by atoms with Gasteiger partial charge in [-0.3, -0.25) is 14.4 Å². The van der Waals surface area contributed by atoms with Crippen molar-refractivity contribution in [3.63, 3.8) is 0 Å². The standard InChI is InChI=1S/C28H23FN2O6/c1-15(32)27(37-16(2)33)26(36)18-8-5-7-17(13-18)24(34)23(25(35)19-9-6-10-20(29)14-19)28-30-21-11-3-4-12-22(21)31-28/h3-15,27,32,35H,1-2H3,(H,30,31). The number of allylic oxidation sites excluding steroid dienone is 1. The maximum Gasteiger partial charge on any atom is 0.303 e. The van der Waals surface area contributed by atoms with Crippen molar-refractivity contribution in [2.45, 2.75) is 26.1 Å². The van der Waals surface area contributed by atoms with Gasteiger partial charge >= 0.3 is 5.97 Å². The summed E-state index contributed by atoms with van der Waals surface area (Å²) in [5, 5.41) is 21.1. The van der Waals surface area contributed by atoms with E-state index in [1.165, 1.54) is 49.4 Å². The number of imidazole rings is 1. The summed E-state index contributed by atoms with van der Waals surface area (Å²) in [5.74, 6) is -3.22. The second-order valence-corrected chi connectivity index (χ2v) is 8.38. The van der Waals surface area contributed by atoms with Gasteiger partial charge in [-0.15, -0.1) is 0 Å². The molecule has 8 nitrogen and oxygen atoms in total. The Labute approximate surface area is 211 Å². The number of ketones is 2. The number of halogens is 1. The molecule has 0 bridgehead atoms. The van der Waals surface area contributed by atoms with E-state index in [9.17, 15) is 29.0 Å². The normalized spacial score (nSPS) is 13.5. The van der Waals surface area contributed by atoms with E-state index in [1.807, 2.05) is 0 Å². The molecule has 0 aliphatic heterocycles. The SMILES string of the molecule is CC(=O)OC(C(=O)c1cccc(C(=O)C(=C(O)c2cccc(F)c2)c2nc3ccccc3[nH]2)c1)C(C)O. The number of para-hydroxylation sites is 2. The highest BCUT2D eigenvalue weighted by Gasteiger charge is 2.29. The van der Waals surface area contributed by atoms with Gasteiger partial charge < -0.3 is 19.9 Å². The Morgan fingerprint density at radius 1 is 0.946 bits per heavy atom. The molecule has 4 aromatic rings. The monoisotopic (exact) mass is 502 g/mol. The Hall–Kier alpha value is -4.63. The first kappa shape index (κ1) is 25.5. The molecule has 3 N–H and O–H groups in total. The zero-order valence-corrected chi connectivity index (χ0v) is 19.9. The van der Waals surface area contributed by atoms with Crippen LogP contribution in [0.3, 0.4) is 0 Å². The molecule has 9 heteroatoms. The van der Waals surface area contributed by atoms with Crippen LogP contribution in [0.15, 0.2) is 72.8 Å². The number of fused-ring (bicyclic) bond motifs is 1. The minimum atomic E-state index is -1.46. The number of ether oxygens (including phenoxy) is 1. The largest absolute Gasteiger partial charge is 0.506 e. The van der Waals surface area contributed by atoms with Crippen LogP contribution in [-0.4, -0.2) is 49.9 Å². The number of rotatable bonds is 8. The van der Waals surface area contributed by atoms with Gasteiger partial charge in [0, 0.05) is 23.6 Å². The van der Waals surface area contributed by atoms with E-state index in [0.29, 0.717) is 11.0 Å². The third kappa shape index (κ3) is 5.46. The highest BCUT2D eigenvalue weighted by atomic mass is 19.1. The minimum absolute atomic E-state index is 0.00667. The smallest absolute Gasteiger partial charge is 0.303 e. The van der Waals surface area contributed by atoms with Crippen LogP contribution in [0.5, 0.6) is 0 Å². The van der Waals surface area contributed by atoms with Gasteiger partial charge in [0.15, 0.2) is 6.10 Å². The maximum absolute atomic E-state index is 13.9. The van der Waals surface area contributed by atoms with Gasteiger partial charge in [0.2, 0.25) is 11.6 Å². The topological polar surface area (TPSA) is 130 Å². The quantitative estimate of drug-likeness (QED) is 0.140. The van der Waals surface area contributed by atoms with E-state index in [1.54, 1.807) is 24.3 Å². The number of aromatic amines is 1. The summed E-state index contributed by atoms with van der Waals surface area (Å²) in [4.78, 5) is 45.6. The molecule has 0 radical (unpaired) electrons. The number of esters is 1.